The van der Waals surface area contributed by atoms with E-state index in [1.165, 1.54) is 53.1 Å². The molecule has 1 unspecified atom stereocenters. The van der Waals surface area contributed by atoms with E-state index in [9.17, 15) is 0 Å². The molecule has 0 spiro atoms. The van der Waals surface area contributed by atoms with Gasteiger partial charge in [0.1, 0.15) is 0 Å². The Morgan fingerprint density at radius 3 is 2.21 bits per heavy atom. The van der Waals surface area contributed by atoms with Crippen molar-refractivity contribution in [1.29, 1.82) is 0 Å². The van der Waals surface area contributed by atoms with Gasteiger partial charge in [-0.15, -0.1) is 11.3 Å². The Kier molecular flexibility index (Phi) is 4.76. The van der Waals surface area contributed by atoms with Crippen LogP contribution in [0, 0.1) is 0 Å². The zero-order valence-electron chi connectivity index (χ0n) is 20.5. The largest absolute Gasteiger partial charge is 0.353 e. The third kappa shape index (κ3) is 3.24. The van der Waals surface area contributed by atoms with E-state index in [-0.39, 0.29) is 6.29 Å². The van der Waals surface area contributed by atoms with Gasteiger partial charge >= 0.3 is 0 Å². The molecule has 0 amide bonds. The first kappa shape index (κ1) is 21.4. The molecule has 0 fully saturated rings. The van der Waals surface area contributed by atoms with Gasteiger partial charge in [0.15, 0.2) is 0 Å². The minimum atomic E-state index is -0.246. The van der Waals surface area contributed by atoms with E-state index in [1.54, 1.807) is 0 Å². The number of aromatic nitrogens is 1. The van der Waals surface area contributed by atoms with Gasteiger partial charge in [0.2, 0.25) is 6.29 Å². The van der Waals surface area contributed by atoms with Gasteiger partial charge in [0, 0.05) is 37.1 Å². The monoisotopic (exact) mass is 505 g/mol. The smallest absolute Gasteiger partial charge is 0.201 e. The number of aliphatic imine (C=N–C) groups is 1. The van der Waals surface area contributed by atoms with Crippen LogP contribution in [0.25, 0.3) is 53.1 Å². The van der Waals surface area contributed by atoms with Crippen LogP contribution in [0.15, 0.2) is 133 Å². The fourth-order valence-corrected chi connectivity index (χ4v) is 6.99. The number of nitrogens with one attached hydrogen (secondary N) is 1. The summed E-state index contributed by atoms with van der Waals surface area (Å²) in [6.07, 6.45) is 3.83. The van der Waals surface area contributed by atoms with Crippen molar-refractivity contribution in [2.24, 2.45) is 4.99 Å². The van der Waals surface area contributed by atoms with Crippen LogP contribution in [-0.4, -0.2) is 10.3 Å². The summed E-state index contributed by atoms with van der Waals surface area (Å²) in [7, 11) is 0. The van der Waals surface area contributed by atoms with Crippen molar-refractivity contribution in [2.75, 3.05) is 0 Å². The van der Waals surface area contributed by atoms with Gasteiger partial charge in [0.25, 0.3) is 0 Å². The van der Waals surface area contributed by atoms with Crippen LogP contribution in [0.5, 0.6) is 0 Å². The second-order valence-corrected chi connectivity index (χ2v) is 10.7. The van der Waals surface area contributed by atoms with E-state index in [0.29, 0.717) is 0 Å². The first-order chi connectivity index (χ1) is 18.8. The molecule has 0 radical (unpaired) electrons. The van der Waals surface area contributed by atoms with Crippen LogP contribution in [0.2, 0.25) is 0 Å². The van der Waals surface area contributed by atoms with Crippen molar-refractivity contribution < 1.29 is 0 Å². The molecule has 1 aliphatic heterocycles. The molecule has 3 nitrogen and oxygen atoms in total. The Bertz CT molecular complexity index is 2050. The first-order valence-corrected chi connectivity index (χ1v) is 13.7. The number of hydrogen-bond donors (Lipinski definition) is 1. The molecule has 1 atom stereocenters. The third-order valence-corrected chi connectivity index (χ3v) is 8.68. The van der Waals surface area contributed by atoms with E-state index in [0.717, 1.165) is 11.3 Å². The lowest BCUT2D eigenvalue weighted by atomic mass is 10.0. The highest BCUT2D eigenvalue weighted by molar-refractivity contribution is 7.26. The normalized spacial score (nSPS) is 15.4. The number of benzene rings is 5. The highest BCUT2D eigenvalue weighted by Crippen LogP contribution is 2.44. The predicted molar refractivity (Wildman–Crippen MR) is 162 cm³/mol. The van der Waals surface area contributed by atoms with Crippen molar-refractivity contribution in [3.05, 3.63) is 133 Å². The average molecular weight is 506 g/mol. The lowest BCUT2D eigenvalue weighted by Crippen LogP contribution is -2.25. The summed E-state index contributed by atoms with van der Waals surface area (Å²) in [5, 5.41) is 8.71. The summed E-state index contributed by atoms with van der Waals surface area (Å²) in [6.45, 7) is 0. The summed E-state index contributed by atoms with van der Waals surface area (Å²) in [6, 6.07) is 41.2. The molecule has 5 aromatic carbocycles. The molecule has 7 aromatic rings. The van der Waals surface area contributed by atoms with Crippen LogP contribution in [0.1, 0.15) is 11.9 Å². The molecule has 1 N–H and O–H groups in total. The fourth-order valence-electron chi connectivity index (χ4n) is 5.73. The lowest BCUT2D eigenvalue weighted by Gasteiger charge is -2.22. The standard InChI is InChI=1S/C34H23N3S/c1-3-9-22(10-4-1)24-15-17-29-27(21-24)32-30(18-16-26-25-13-7-8-14-31(25)38-33(26)32)37(29)34-35-20-19-28(36-34)23-11-5-2-6-12-23/h1-21,34-35H. The van der Waals surface area contributed by atoms with Crippen molar-refractivity contribution in [3.63, 3.8) is 0 Å². The minimum absolute atomic E-state index is 0.246. The molecule has 38 heavy (non-hydrogen) atoms. The maximum atomic E-state index is 5.18. The summed E-state index contributed by atoms with van der Waals surface area (Å²) >= 11 is 1.88. The molecule has 3 heterocycles. The molecule has 0 bridgehead atoms. The molecule has 1 aliphatic rings. The molecule has 0 saturated heterocycles. The van der Waals surface area contributed by atoms with Gasteiger partial charge in [-0.1, -0.05) is 91.0 Å². The molecule has 2 aromatic heterocycles. The minimum Gasteiger partial charge on any atom is -0.353 e. The van der Waals surface area contributed by atoms with E-state index in [1.807, 2.05) is 23.6 Å². The van der Waals surface area contributed by atoms with Crippen LogP contribution in [-0.2, 0) is 0 Å². The van der Waals surface area contributed by atoms with E-state index < -0.39 is 0 Å². The summed E-state index contributed by atoms with van der Waals surface area (Å²) < 4.78 is 5.00. The number of allylic oxidation sites excluding steroid dienone is 1. The molecular weight excluding hydrogens is 482 g/mol. The van der Waals surface area contributed by atoms with E-state index >= 15 is 0 Å². The van der Waals surface area contributed by atoms with Crippen LogP contribution >= 0.6 is 11.3 Å². The van der Waals surface area contributed by atoms with E-state index in [4.69, 9.17) is 4.99 Å². The SMILES string of the molecule is C1=CC(c2ccccc2)=NC(n2c3ccc(-c4ccccc4)cc3c3c4sc5ccccc5c4ccc32)N1. The molecule has 0 saturated carbocycles. The molecule has 4 heteroatoms. The summed E-state index contributed by atoms with van der Waals surface area (Å²) in [4.78, 5) is 5.18. The van der Waals surface area contributed by atoms with Gasteiger partial charge in [-0.3, -0.25) is 0 Å². The Hall–Kier alpha value is -4.67. The topological polar surface area (TPSA) is 29.3 Å². The number of nitrogens with zero attached hydrogens (tertiary/aromatic N) is 2. The average Bonchev–Trinajstić information content (AvgIpc) is 3.53. The van der Waals surface area contributed by atoms with Crippen LogP contribution in [0.3, 0.4) is 0 Å². The van der Waals surface area contributed by atoms with E-state index in [2.05, 4.69) is 125 Å². The first-order valence-electron chi connectivity index (χ1n) is 12.8. The van der Waals surface area contributed by atoms with Gasteiger partial charge < -0.3 is 9.88 Å². The highest BCUT2D eigenvalue weighted by atomic mass is 32.1. The quantitative estimate of drug-likeness (QED) is 0.255. The molecular formula is C34H23N3S. The zero-order valence-corrected chi connectivity index (χ0v) is 21.3. The molecule has 8 rings (SSSR count). The predicted octanol–water partition coefficient (Wildman–Crippen LogP) is 8.89. The van der Waals surface area contributed by atoms with Crippen molar-refractivity contribution in [1.82, 2.24) is 9.88 Å². The number of fused-ring (bicyclic) bond motifs is 7. The Morgan fingerprint density at radius 2 is 1.37 bits per heavy atom. The maximum Gasteiger partial charge on any atom is 0.201 e. The zero-order chi connectivity index (χ0) is 25.1. The van der Waals surface area contributed by atoms with Crippen molar-refractivity contribution >= 4 is 59.0 Å². The van der Waals surface area contributed by atoms with Gasteiger partial charge in [-0.05, 0) is 47.0 Å². The summed E-state index contributed by atoms with van der Waals surface area (Å²) in [5.41, 5.74) is 6.91. The summed E-state index contributed by atoms with van der Waals surface area (Å²) in [5.74, 6) is 0. The van der Waals surface area contributed by atoms with Gasteiger partial charge in [0.05, 0.1) is 16.7 Å². The molecule has 0 aliphatic carbocycles. The highest BCUT2D eigenvalue weighted by Gasteiger charge is 2.22. The Morgan fingerprint density at radius 1 is 0.632 bits per heavy atom. The second kappa shape index (κ2) is 8.44. The fraction of sp³-hybridized carbons (Fsp3) is 0.0294. The number of rotatable bonds is 3. The third-order valence-electron chi connectivity index (χ3n) is 7.48. The van der Waals surface area contributed by atoms with Crippen molar-refractivity contribution in [2.45, 2.75) is 6.29 Å². The Labute approximate surface area is 224 Å². The van der Waals surface area contributed by atoms with Gasteiger partial charge in [-0.25, -0.2) is 4.99 Å². The van der Waals surface area contributed by atoms with Crippen LogP contribution in [0.4, 0.5) is 0 Å². The lowest BCUT2D eigenvalue weighted by molar-refractivity contribution is 0.499. The van der Waals surface area contributed by atoms with Crippen molar-refractivity contribution in [3.8, 4) is 11.1 Å². The Balaban J connectivity index is 1.44. The molecule has 180 valence electrons. The van der Waals surface area contributed by atoms with Crippen LogP contribution < -0.4 is 5.32 Å². The second-order valence-electron chi connectivity index (χ2n) is 9.66. The van der Waals surface area contributed by atoms with Gasteiger partial charge in [-0.2, -0.15) is 0 Å². The maximum absolute atomic E-state index is 5.18. The number of thiophene rings is 1. The number of hydrogen-bond acceptors (Lipinski definition) is 3.